The number of nitrogens with zero attached hydrogens (tertiary/aromatic N) is 3. The van der Waals surface area contributed by atoms with E-state index in [9.17, 15) is 14.4 Å². The Morgan fingerprint density at radius 2 is 1.46 bits per heavy atom. The van der Waals surface area contributed by atoms with Gasteiger partial charge in [-0.2, -0.15) is 0 Å². The molecule has 0 unspecified atom stereocenters. The van der Waals surface area contributed by atoms with Crippen LogP contribution in [-0.2, 0) is 20.9 Å². The quantitative estimate of drug-likeness (QED) is 0.113. The molecule has 2 N–H and O–H groups in total. The van der Waals surface area contributed by atoms with Gasteiger partial charge in [0.05, 0.1) is 5.69 Å². The Bertz CT molecular complexity index is 1700. The van der Waals surface area contributed by atoms with Crippen LogP contribution < -0.4 is 15.5 Å². The summed E-state index contributed by atoms with van der Waals surface area (Å²) in [5, 5.41) is 6.04. The van der Waals surface area contributed by atoms with Gasteiger partial charge in [0.15, 0.2) is 0 Å². The van der Waals surface area contributed by atoms with Crippen LogP contribution in [0.2, 0.25) is 0 Å². The lowest BCUT2D eigenvalue weighted by molar-refractivity contribution is -0.130. The lowest BCUT2D eigenvalue weighted by atomic mass is 10.0. The number of para-hydroxylation sites is 1. The summed E-state index contributed by atoms with van der Waals surface area (Å²) in [5.41, 5.74) is 5.37. The molecule has 0 spiro atoms. The van der Waals surface area contributed by atoms with Crippen molar-refractivity contribution in [2.75, 3.05) is 62.4 Å². The maximum Gasteiger partial charge on any atom is 0.414 e. The van der Waals surface area contributed by atoms with E-state index < -0.39 is 6.09 Å². The van der Waals surface area contributed by atoms with Crippen molar-refractivity contribution in [3.8, 4) is 11.1 Å². The number of hydrogen-bond acceptors (Lipinski definition) is 7. The van der Waals surface area contributed by atoms with Crippen molar-refractivity contribution in [3.63, 3.8) is 0 Å². The summed E-state index contributed by atoms with van der Waals surface area (Å²) in [6, 6.07) is 35.0. The number of likely N-dealkylation sites (N-methyl/N-ethyl adjacent to an activating group) is 1. The average molecular weight is 706 g/mol. The summed E-state index contributed by atoms with van der Waals surface area (Å²) in [7, 11) is 3.71. The number of unbranched alkanes of at least 4 members (excludes halogenated alkanes) is 2. The first kappa shape index (κ1) is 37.9. The molecule has 1 saturated heterocycles. The van der Waals surface area contributed by atoms with Gasteiger partial charge in [0.25, 0.3) is 0 Å². The Kier molecular flexibility index (Phi) is 14.5. The number of anilines is 3. The molecular weight excluding hydrogens is 654 g/mol. The highest BCUT2D eigenvalue weighted by atomic mass is 16.6. The molecule has 10 nitrogen and oxygen atoms in total. The maximum atomic E-state index is 13.1. The first-order valence-electron chi connectivity index (χ1n) is 18.2. The van der Waals surface area contributed by atoms with E-state index in [4.69, 9.17) is 9.47 Å². The number of likely N-dealkylation sites (tertiary alicyclic amines) is 1. The van der Waals surface area contributed by atoms with Crippen LogP contribution in [0.5, 0.6) is 0 Å². The van der Waals surface area contributed by atoms with E-state index in [2.05, 4.69) is 15.5 Å². The first-order valence-corrected chi connectivity index (χ1v) is 18.2. The van der Waals surface area contributed by atoms with E-state index in [-0.39, 0.29) is 24.7 Å². The number of amides is 3. The molecule has 4 aromatic rings. The van der Waals surface area contributed by atoms with Crippen molar-refractivity contribution in [3.05, 3.63) is 115 Å². The van der Waals surface area contributed by atoms with Crippen molar-refractivity contribution in [2.45, 2.75) is 51.2 Å². The van der Waals surface area contributed by atoms with Crippen molar-refractivity contribution in [1.29, 1.82) is 0 Å². The summed E-state index contributed by atoms with van der Waals surface area (Å²) in [4.78, 5) is 44.6. The molecule has 5 rings (SSSR count). The highest BCUT2D eigenvalue weighted by molar-refractivity contribution is 5.91. The summed E-state index contributed by atoms with van der Waals surface area (Å²) < 4.78 is 11.4. The van der Waals surface area contributed by atoms with Crippen LogP contribution in [0.15, 0.2) is 109 Å². The van der Waals surface area contributed by atoms with Gasteiger partial charge < -0.3 is 24.6 Å². The Hall–Kier alpha value is -5.35. The zero-order valence-electron chi connectivity index (χ0n) is 30.3. The minimum absolute atomic E-state index is 0.118. The average Bonchev–Trinajstić information content (AvgIpc) is 3.19. The number of piperidine rings is 1. The molecule has 274 valence electrons. The highest BCUT2D eigenvalue weighted by Gasteiger charge is 2.23. The normalized spacial score (nSPS) is 13.2. The summed E-state index contributed by atoms with van der Waals surface area (Å²) in [5.74, 6) is 0.118. The second-order valence-electron chi connectivity index (χ2n) is 13.1. The summed E-state index contributed by atoms with van der Waals surface area (Å²) in [6.45, 7) is 3.74. The van der Waals surface area contributed by atoms with E-state index >= 15 is 0 Å². The van der Waals surface area contributed by atoms with Crippen LogP contribution >= 0.6 is 0 Å². The van der Waals surface area contributed by atoms with E-state index in [1.54, 1.807) is 9.80 Å². The predicted molar refractivity (Wildman–Crippen MR) is 208 cm³/mol. The van der Waals surface area contributed by atoms with E-state index in [0.29, 0.717) is 19.5 Å². The van der Waals surface area contributed by atoms with E-state index in [1.807, 2.05) is 123 Å². The van der Waals surface area contributed by atoms with Crippen molar-refractivity contribution in [1.82, 2.24) is 9.80 Å². The lowest BCUT2D eigenvalue weighted by Crippen LogP contribution is -2.42. The van der Waals surface area contributed by atoms with Gasteiger partial charge >= 0.3 is 12.2 Å². The maximum absolute atomic E-state index is 13.1. The van der Waals surface area contributed by atoms with Gasteiger partial charge in [0, 0.05) is 70.2 Å². The number of rotatable bonds is 16. The second kappa shape index (κ2) is 19.9. The van der Waals surface area contributed by atoms with Gasteiger partial charge in [-0.15, -0.1) is 0 Å². The van der Waals surface area contributed by atoms with Crippen LogP contribution in [-0.4, -0.2) is 80.8 Å². The third kappa shape index (κ3) is 11.6. The molecule has 1 aliphatic rings. The van der Waals surface area contributed by atoms with Gasteiger partial charge in [-0.25, -0.2) is 9.59 Å². The zero-order chi connectivity index (χ0) is 36.5. The SMILES string of the molecule is CNc1ccc(N(CCCCCC(=O)N(C)CCN2CCC(OC(=O)Nc3ccccc3-c3ccccc3)CC2)C(=O)OCc2ccccc2)cc1. The smallest absolute Gasteiger partial charge is 0.414 e. The van der Waals surface area contributed by atoms with Crippen molar-refractivity contribution in [2.24, 2.45) is 0 Å². The van der Waals surface area contributed by atoms with Gasteiger partial charge in [-0.05, 0) is 67.1 Å². The summed E-state index contributed by atoms with van der Waals surface area (Å²) in [6.07, 6.45) is 3.30. The Morgan fingerprint density at radius 3 is 2.17 bits per heavy atom. The molecule has 0 aromatic heterocycles. The molecule has 1 fully saturated rings. The topological polar surface area (TPSA) is 103 Å². The lowest BCUT2D eigenvalue weighted by Gasteiger charge is -2.32. The number of hydrogen-bond donors (Lipinski definition) is 2. The molecule has 0 bridgehead atoms. The zero-order valence-corrected chi connectivity index (χ0v) is 30.3. The molecule has 52 heavy (non-hydrogen) atoms. The van der Waals surface area contributed by atoms with Crippen LogP contribution in [0.1, 0.15) is 44.1 Å². The molecule has 0 saturated carbocycles. The molecular formula is C42H51N5O5. The largest absolute Gasteiger partial charge is 0.446 e. The molecule has 4 aromatic carbocycles. The molecule has 0 atom stereocenters. The third-order valence-electron chi connectivity index (χ3n) is 9.40. The number of nitrogens with one attached hydrogen (secondary N) is 2. The monoisotopic (exact) mass is 705 g/mol. The number of ether oxygens (including phenoxy) is 2. The Morgan fingerprint density at radius 1 is 0.788 bits per heavy atom. The Labute approximate surface area is 307 Å². The highest BCUT2D eigenvalue weighted by Crippen LogP contribution is 2.28. The fraction of sp³-hybridized carbons (Fsp3) is 0.357. The van der Waals surface area contributed by atoms with Crippen LogP contribution in [0.4, 0.5) is 26.7 Å². The first-order chi connectivity index (χ1) is 25.4. The molecule has 0 aliphatic carbocycles. The summed E-state index contributed by atoms with van der Waals surface area (Å²) >= 11 is 0. The van der Waals surface area contributed by atoms with Crippen molar-refractivity contribution < 1.29 is 23.9 Å². The Balaban J connectivity index is 0.978. The molecule has 0 radical (unpaired) electrons. The molecule has 1 aliphatic heterocycles. The van der Waals surface area contributed by atoms with Crippen LogP contribution in [0.3, 0.4) is 0 Å². The number of carbonyl (C=O) groups is 3. The van der Waals surface area contributed by atoms with E-state index in [0.717, 1.165) is 85.5 Å². The molecule has 1 heterocycles. The van der Waals surface area contributed by atoms with Crippen molar-refractivity contribution >= 4 is 35.2 Å². The van der Waals surface area contributed by atoms with Crippen LogP contribution in [0.25, 0.3) is 11.1 Å². The molecule has 3 amide bonds. The van der Waals surface area contributed by atoms with Crippen LogP contribution in [0, 0.1) is 0 Å². The fourth-order valence-corrected chi connectivity index (χ4v) is 6.26. The predicted octanol–water partition coefficient (Wildman–Crippen LogP) is 8.27. The minimum atomic E-state index is -0.439. The number of benzene rings is 4. The fourth-order valence-electron chi connectivity index (χ4n) is 6.26. The standard InChI is InChI=1S/C42H51N5O5/c1-43-35-21-23-36(24-22-35)47(42(50)51-32-33-14-6-3-7-15-33)27-13-5-10-20-40(48)45(2)30-31-46-28-25-37(26-29-46)52-41(49)44-39-19-12-11-18-38(39)34-16-8-4-9-17-34/h3-4,6-9,11-12,14-19,21-24,37,43H,5,10,13,20,25-32H2,1-2H3,(H,44,49). The molecule has 10 heteroatoms. The van der Waals surface area contributed by atoms with Gasteiger partial charge in [0.1, 0.15) is 12.7 Å². The van der Waals surface area contributed by atoms with Gasteiger partial charge in [-0.3, -0.25) is 15.0 Å². The van der Waals surface area contributed by atoms with Gasteiger partial charge in [0.2, 0.25) is 5.91 Å². The van der Waals surface area contributed by atoms with Gasteiger partial charge in [-0.1, -0.05) is 85.3 Å². The third-order valence-corrected chi connectivity index (χ3v) is 9.40. The number of carbonyl (C=O) groups excluding carboxylic acids is 3. The second-order valence-corrected chi connectivity index (χ2v) is 13.1. The van der Waals surface area contributed by atoms with E-state index in [1.165, 1.54) is 0 Å². The minimum Gasteiger partial charge on any atom is -0.446 e.